The molecule has 1 saturated heterocycles. The maximum atomic E-state index is 12.9. The van der Waals surface area contributed by atoms with Gasteiger partial charge in [-0.05, 0) is 37.1 Å². The van der Waals surface area contributed by atoms with Crippen LogP contribution in [0, 0.1) is 17.2 Å². The lowest BCUT2D eigenvalue weighted by molar-refractivity contribution is -0.117. The second-order valence-corrected chi connectivity index (χ2v) is 9.43. The molecule has 0 spiro atoms. The number of aromatic nitrogens is 4. The van der Waals surface area contributed by atoms with Gasteiger partial charge >= 0.3 is 6.03 Å². The fraction of sp³-hybridized carbons (Fsp3) is 0.423. The summed E-state index contributed by atoms with van der Waals surface area (Å²) in [6.07, 6.45) is 5.92. The van der Waals surface area contributed by atoms with E-state index in [-0.39, 0.29) is 17.9 Å². The molecular formula is C26H30N8O2. The number of rotatable bonds is 8. The van der Waals surface area contributed by atoms with Gasteiger partial charge in [0.2, 0.25) is 5.91 Å². The Hall–Kier alpha value is -4.13. The van der Waals surface area contributed by atoms with Gasteiger partial charge in [0.1, 0.15) is 5.82 Å². The van der Waals surface area contributed by atoms with Gasteiger partial charge in [-0.2, -0.15) is 10.4 Å². The zero-order chi connectivity index (χ0) is 25.2. The van der Waals surface area contributed by atoms with Crippen LogP contribution in [-0.4, -0.2) is 56.2 Å². The SMILES string of the molecule is CCCN1Cc2[nH]c(-c3cnn(CC4CC(=O)N(c5ccc(C#N)cc5)C4)c3)nc2N(CCC)C1=O. The van der Waals surface area contributed by atoms with E-state index in [0.29, 0.717) is 56.4 Å². The highest BCUT2D eigenvalue weighted by Gasteiger charge is 2.33. The normalized spacial score (nSPS) is 17.6. The molecule has 2 aromatic heterocycles. The first kappa shape index (κ1) is 23.6. The van der Waals surface area contributed by atoms with E-state index in [9.17, 15) is 9.59 Å². The molecule has 10 nitrogen and oxygen atoms in total. The van der Waals surface area contributed by atoms with Crippen LogP contribution >= 0.6 is 0 Å². The Morgan fingerprint density at radius 3 is 2.64 bits per heavy atom. The number of carbonyl (C=O) groups is 2. The van der Waals surface area contributed by atoms with Crippen molar-refractivity contribution in [1.82, 2.24) is 24.6 Å². The van der Waals surface area contributed by atoms with Crippen molar-refractivity contribution >= 4 is 23.4 Å². The third-order valence-electron chi connectivity index (χ3n) is 6.67. The number of nitrogens with one attached hydrogen (secondary N) is 1. The molecule has 0 aliphatic carbocycles. The van der Waals surface area contributed by atoms with E-state index >= 15 is 0 Å². The maximum Gasteiger partial charge on any atom is 0.326 e. The summed E-state index contributed by atoms with van der Waals surface area (Å²) in [6.45, 7) is 7.21. The molecule has 1 fully saturated rings. The minimum atomic E-state index is 0.0117. The first-order valence-electron chi connectivity index (χ1n) is 12.5. The van der Waals surface area contributed by atoms with E-state index < -0.39 is 0 Å². The summed E-state index contributed by atoms with van der Waals surface area (Å²) in [5.41, 5.74) is 3.18. The predicted octanol–water partition coefficient (Wildman–Crippen LogP) is 3.76. The number of hydrogen-bond acceptors (Lipinski definition) is 5. The summed E-state index contributed by atoms with van der Waals surface area (Å²) < 4.78 is 1.86. The van der Waals surface area contributed by atoms with E-state index in [1.54, 1.807) is 28.1 Å². The van der Waals surface area contributed by atoms with Crippen LogP contribution in [0.2, 0.25) is 0 Å². The van der Waals surface area contributed by atoms with Crippen LogP contribution in [0.5, 0.6) is 0 Å². The highest BCUT2D eigenvalue weighted by Crippen LogP contribution is 2.31. The van der Waals surface area contributed by atoms with Crippen molar-refractivity contribution in [1.29, 1.82) is 5.26 Å². The molecule has 0 saturated carbocycles. The third kappa shape index (κ3) is 4.44. The molecule has 2 aliphatic heterocycles. The lowest BCUT2D eigenvalue weighted by atomic mass is 10.1. The van der Waals surface area contributed by atoms with Gasteiger partial charge in [0.25, 0.3) is 0 Å². The van der Waals surface area contributed by atoms with Gasteiger partial charge in [-0.3, -0.25) is 14.4 Å². The Balaban J connectivity index is 1.29. The van der Waals surface area contributed by atoms with Gasteiger partial charge in [-0.25, -0.2) is 9.78 Å². The average molecular weight is 487 g/mol. The number of imidazole rings is 1. The quantitative estimate of drug-likeness (QED) is 0.521. The standard InChI is InChI=1S/C26H30N8O2/c1-3-9-31-17-22-25(33(10-4-2)26(31)36)30-24(29-22)20-13-28-32(16-20)14-19-11-23(35)34(15-19)21-7-5-18(12-27)6-8-21/h5-8,13,16,19H,3-4,9-11,14-15,17H2,1-2H3,(H,29,30). The predicted molar refractivity (Wildman–Crippen MR) is 135 cm³/mol. The van der Waals surface area contributed by atoms with E-state index in [0.717, 1.165) is 29.8 Å². The van der Waals surface area contributed by atoms with Gasteiger partial charge < -0.3 is 14.8 Å². The number of aromatic amines is 1. The number of benzene rings is 1. The molecule has 1 N–H and O–H groups in total. The Morgan fingerprint density at radius 2 is 1.92 bits per heavy atom. The van der Waals surface area contributed by atoms with Crippen molar-refractivity contribution in [3.63, 3.8) is 0 Å². The second-order valence-electron chi connectivity index (χ2n) is 9.43. The fourth-order valence-corrected chi connectivity index (χ4v) is 4.98. The van der Waals surface area contributed by atoms with Gasteiger partial charge in [-0.15, -0.1) is 0 Å². The van der Waals surface area contributed by atoms with Crippen molar-refractivity contribution < 1.29 is 9.59 Å². The molecule has 36 heavy (non-hydrogen) atoms. The van der Waals surface area contributed by atoms with Crippen molar-refractivity contribution in [3.05, 3.63) is 47.9 Å². The summed E-state index contributed by atoms with van der Waals surface area (Å²) in [7, 11) is 0. The summed E-state index contributed by atoms with van der Waals surface area (Å²) in [6, 6.07) is 9.21. The third-order valence-corrected chi connectivity index (χ3v) is 6.67. The van der Waals surface area contributed by atoms with Gasteiger partial charge in [-0.1, -0.05) is 13.8 Å². The molecular weight excluding hydrogens is 456 g/mol. The molecule has 0 bridgehead atoms. The Morgan fingerprint density at radius 1 is 1.14 bits per heavy atom. The zero-order valence-corrected chi connectivity index (χ0v) is 20.6. The molecule has 0 radical (unpaired) electrons. The second kappa shape index (κ2) is 9.85. The van der Waals surface area contributed by atoms with Crippen molar-refractivity contribution in [2.24, 2.45) is 5.92 Å². The van der Waals surface area contributed by atoms with Gasteiger partial charge in [0, 0.05) is 50.4 Å². The largest absolute Gasteiger partial charge is 0.338 e. The number of amides is 3. The monoisotopic (exact) mass is 486 g/mol. The lowest BCUT2D eigenvalue weighted by Gasteiger charge is -2.34. The molecule has 3 amide bonds. The van der Waals surface area contributed by atoms with Crippen LogP contribution < -0.4 is 9.80 Å². The summed E-state index contributed by atoms with van der Waals surface area (Å²) in [4.78, 5) is 39.2. The van der Waals surface area contributed by atoms with Crippen molar-refractivity contribution in [3.8, 4) is 17.5 Å². The summed E-state index contributed by atoms with van der Waals surface area (Å²) in [5.74, 6) is 1.61. The number of anilines is 2. The van der Waals surface area contributed by atoms with E-state index in [4.69, 9.17) is 10.2 Å². The van der Waals surface area contributed by atoms with Crippen LogP contribution in [0.3, 0.4) is 0 Å². The number of H-pyrrole nitrogens is 1. The number of carbonyl (C=O) groups excluding carboxylic acids is 2. The number of hydrogen-bond donors (Lipinski definition) is 1. The number of nitrogens with zero attached hydrogens (tertiary/aromatic N) is 7. The highest BCUT2D eigenvalue weighted by atomic mass is 16.2. The molecule has 186 valence electrons. The number of nitriles is 1. The molecule has 1 unspecified atom stereocenters. The first-order valence-corrected chi connectivity index (χ1v) is 12.5. The number of urea groups is 1. The Labute approximate surface area is 210 Å². The molecule has 2 aliphatic rings. The molecule has 1 aromatic carbocycles. The first-order chi connectivity index (χ1) is 17.5. The number of fused-ring (bicyclic) bond motifs is 1. The fourth-order valence-electron chi connectivity index (χ4n) is 4.98. The Bertz CT molecular complexity index is 1300. The topological polar surface area (TPSA) is 114 Å². The van der Waals surface area contributed by atoms with Crippen LogP contribution in [-0.2, 0) is 17.9 Å². The zero-order valence-electron chi connectivity index (χ0n) is 20.6. The average Bonchev–Trinajstić information content (AvgIpc) is 3.60. The molecule has 3 aromatic rings. The molecule has 1 atom stereocenters. The molecule has 5 rings (SSSR count). The summed E-state index contributed by atoms with van der Waals surface area (Å²) in [5, 5.41) is 13.5. The van der Waals surface area contributed by atoms with Gasteiger partial charge in [0.15, 0.2) is 5.82 Å². The van der Waals surface area contributed by atoms with E-state index in [1.807, 2.05) is 27.9 Å². The minimum Gasteiger partial charge on any atom is -0.338 e. The Kier molecular flexibility index (Phi) is 6.46. The van der Waals surface area contributed by atoms with Crippen LogP contribution in [0.4, 0.5) is 16.3 Å². The molecule has 10 heteroatoms. The highest BCUT2D eigenvalue weighted by molar-refractivity contribution is 5.96. The molecule has 4 heterocycles. The minimum absolute atomic E-state index is 0.0117. The van der Waals surface area contributed by atoms with Crippen molar-refractivity contribution in [2.75, 3.05) is 29.4 Å². The lowest BCUT2D eigenvalue weighted by Crippen LogP contribution is -2.47. The van der Waals surface area contributed by atoms with Gasteiger partial charge in [0.05, 0.1) is 35.6 Å². The van der Waals surface area contributed by atoms with Crippen LogP contribution in [0.1, 0.15) is 44.4 Å². The van der Waals surface area contributed by atoms with Crippen molar-refractivity contribution in [2.45, 2.75) is 46.2 Å². The van der Waals surface area contributed by atoms with Crippen LogP contribution in [0.15, 0.2) is 36.7 Å². The summed E-state index contributed by atoms with van der Waals surface area (Å²) >= 11 is 0. The van der Waals surface area contributed by atoms with E-state index in [2.05, 4.69) is 30.0 Å². The maximum absolute atomic E-state index is 12.9. The van der Waals surface area contributed by atoms with E-state index in [1.165, 1.54) is 0 Å². The smallest absolute Gasteiger partial charge is 0.326 e. The van der Waals surface area contributed by atoms with Crippen LogP contribution in [0.25, 0.3) is 11.4 Å².